The molecular weight excluding hydrogens is 843 g/mol. The Hall–Kier alpha value is -5.66. The van der Waals surface area contributed by atoms with Crippen LogP contribution in [-0.4, -0.2) is 0 Å². The van der Waals surface area contributed by atoms with Gasteiger partial charge in [0.25, 0.3) is 0 Å². The molecule has 3 aliphatic rings. The van der Waals surface area contributed by atoms with E-state index in [-0.39, 0.29) is 16.2 Å². The second kappa shape index (κ2) is 20.2. The molecule has 1 nitrogen and oxygen atoms in total. The Morgan fingerprint density at radius 3 is 1.61 bits per heavy atom. The van der Waals surface area contributed by atoms with E-state index < -0.39 is 0 Å². The third-order valence-electron chi connectivity index (χ3n) is 17.6. The largest absolute Gasteiger partial charge is 0.311 e. The first kappa shape index (κ1) is 48.0. The van der Waals surface area contributed by atoms with E-state index in [4.69, 9.17) is 0 Å². The van der Waals surface area contributed by atoms with Crippen molar-refractivity contribution in [3.63, 3.8) is 0 Å². The molecule has 360 valence electrons. The molecule has 3 aliphatic carbocycles. The SMILES string of the molecule is CCCCCCCCC1(C)c2cc(-c3ccc(N(c4ccccc4)c4ccc(C(CC)(CCCC)c5ccc6c(c5)CC6)cc4)cc3)ccc2-c2ccc(C(C)(CC(C)C)c3ccc4c(c3)CC4)cc21. The number of hydrogen-bond donors (Lipinski definition) is 0. The van der Waals surface area contributed by atoms with E-state index in [1.807, 2.05) is 0 Å². The van der Waals surface area contributed by atoms with Crippen molar-refractivity contribution in [2.75, 3.05) is 4.90 Å². The lowest BCUT2D eigenvalue weighted by Crippen LogP contribution is -2.28. The Morgan fingerprint density at radius 2 is 1.00 bits per heavy atom. The normalized spacial score (nSPS) is 17.1. The number of nitrogens with zero attached hydrogens (tertiary/aromatic N) is 1. The van der Waals surface area contributed by atoms with E-state index in [0.717, 1.165) is 12.8 Å². The van der Waals surface area contributed by atoms with Gasteiger partial charge in [0.2, 0.25) is 0 Å². The van der Waals surface area contributed by atoms with Gasteiger partial charge in [0.15, 0.2) is 0 Å². The summed E-state index contributed by atoms with van der Waals surface area (Å²) in [6.07, 6.45) is 19.7. The van der Waals surface area contributed by atoms with Gasteiger partial charge in [-0.1, -0.05) is 209 Å². The summed E-state index contributed by atoms with van der Waals surface area (Å²) in [6.45, 7) is 16.9. The maximum Gasteiger partial charge on any atom is 0.0462 e. The fourth-order valence-corrected chi connectivity index (χ4v) is 13.2. The Balaban J connectivity index is 0.981. The lowest BCUT2D eigenvalue weighted by atomic mass is 9.68. The van der Waals surface area contributed by atoms with E-state index >= 15 is 0 Å². The maximum atomic E-state index is 2.66. The van der Waals surface area contributed by atoms with Crippen LogP contribution in [0.5, 0.6) is 0 Å². The van der Waals surface area contributed by atoms with Gasteiger partial charge >= 0.3 is 0 Å². The molecule has 0 heterocycles. The Morgan fingerprint density at radius 1 is 0.486 bits per heavy atom. The molecule has 7 aromatic carbocycles. The van der Waals surface area contributed by atoms with Gasteiger partial charge < -0.3 is 4.90 Å². The smallest absolute Gasteiger partial charge is 0.0462 e. The van der Waals surface area contributed by atoms with Crippen molar-refractivity contribution in [3.05, 3.63) is 207 Å². The summed E-state index contributed by atoms with van der Waals surface area (Å²) < 4.78 is 0. The maximum absolute atomic E-state index is 2.66. The van der Waals surface area contributed by atoms with Crippen LogP contribution in [0.2, 0.25) is 0 Å². The monoisotopic (exact) mass is 922 g/mol. The summed E-state index contributed by atoms with van der Waals surface area (Å²) in [5.74, 6) is 0.585. The molecule has 0 saturated carbocycles. The van der Waals surface area contributed by atoms with Crippen LogP contribution in [-0.2, 0) is 41.9 Å². The predicted molar refractivity (Wildman–Crippen MR) is 301 cm³/mol. The zero-order valence-electron chi connectivity index (χ0n) is 43.8. The molecule has 3 atom stereocenters. The van der Waals surface area contributed by atoms with Crippen LogP contribution in [0, 0.1) is 5.92 Å². The lowest BCUT2D eigenvalue weighted by molar-refractivity contribution is 0.425. The second-order valence-corrected chi connectivity index (χ2v) is 22.6. The van der Waals surface area contributed by atoms with E-state index in [2.05, 4.69) is 205 Å². The number of hydrogen-bond acceptors (Lipinski definition) is 1. The van der Waals surface area contributed by atoms with Crippen LogP contribution < -0.4 is 4.90 Å². The van der Waals surface area contributed by atoms with Crippen LogP contribution in [0.1, 0.15) is 181 Å². The molecule has 10 rings (SSSR count). The highest BCUT2D eigenvalue weighted by atomic mass is 15.1. The number of benzene rings is 7. The molecule has 0 N–H and O–H groups in total. The van der Waals surface area contributed by atoms with Crippen LogP contribution in [0.15, 0.2) is 152 Å². The summed E-state index contributed by atoms with van der Waals surface area (Å²) in [6, 6.07) is 59.8. The van der Waals surface area contributed by atoms with Crippen LogP contribution >= 0.6 is 0 Å². The van der Waals surface area contributed by atoms with Gasteiger partial charge in [-0.25, -0.2) is 0 Å². The molecule has 3 unspecified atom stereocenters. The third-order valence-corrected chi connectivity index (χ3v) is 17.6. The fraction of sp³-hybridized carbons (Fsp3) is 0.391. The Bertz CT molecular complexity index is 2920. The number of aryl methyl sites for hydroxylation is 4. The minimum atomic E-state index is -0.0655. The number of para-hydroxylation sites is 1. The summed E-state index contributed by atoms with van der Waals surface area (Å²) >= 11 is 0. The molecule has 0 aromatic heterocycles. The molecular formula is C69H79N. The molecule has 1 heteroatoms. The number of anilines is 3. The average Bonchev–Trinajstić information content (AvgIpc) is 3.61. The third kappa shape index (κ3) is 8.90. The lowest BCUT2D eigenvalue weighted by Gasteiger charge is -2.36. The summed E-state index contributed by atoms with van der Waals surface area (Å²) in [5, 5.41) is 0. The van der Waals surface area contributed by atoms with Gasteiger partial charge in [-0.3, -0.25) is 0 Å². The van der Waals surface area contributed by atoms with Crippen molar-refractivity contribution in [3.8, 4) is 22.3 Å². The van der Waals surface area contributed by atoms with Crippen molar-refractivity contribution in [1.29, 1.82) is 0 Å². The molecule has 0 fully saturated rings. The zero-order chi connectivity index (χ0) is 48.5. The van der Waals surface area contributed by atoms with Crippen LogP contribution in [0.25, 0.3) is 22.3 Å². The first-order valence-electron chi connectivity index (χ1n) is 27.7. The Kier molecular flexibility index (Phi) is 13.9. The first-order chi connectivity index (χ1) is 34.1. The summed E-state index contributed by atoms with van der Waals surface area (Å²) in [4.78, 5) is 2.43. The minimum absolute atomic E-state index is 0.0135. The van der Waals surface area contributed by atoms with Gasteiger partial charge in [0, 0.05) is 33.3 Å². The molecule has 70 heavy (non-hydrogen) atoms. The Labute approximate surface area is 422 Å². The highest BCUT2D eigenvalue weighted by molar-refractivity contribution is 5.85. The van der Waals surface area contributed by atoms with Gasteiger partial charge in [-0.05, 0) is 178 Å². The van der Waals surface area contributed by atoms with Crippen LogP contribution in [0.3, 0.4) is 0 Å². The van der Waals surface area contributed by atoms with Crippen molar-refractivity contribution in [2.45, 2.75) is 167 Å². The standard InChI is InChI=1S/C69H79N/c1-8-11-13-14-15-19-42-67(6)65-46-55(30-40-63(65)64-41-35-58(47-66(64)67)68(7,48-49(4)5)57-31-26-50-22-24-53(50)44-57)52-28-36-61(37-29-52)70(60-20-17-16-18-21-60)62-38-33-56(34-39-62)69(10-3,43-12-9-2)59-32-27-51-23-25-54(51)45-59/h16-18,20-21,26-41,44-47,49H,8-15,19,22-25,42-43,48H2,1-7H3. The van der Waals surface area contributed by atoms with Gasteiger partial charge in [0.1, 0.15) is 0 Å². The molecule has 7 aromatic rings. The highest BCUT2D eigenvalue weighted by Gasteiger charge is 2.41. The molecule has 0 aliphatic heterocycles. The fourth-order valence-electron chi connectivity index (χ4n) is 13.2. The van der Waals surface area contributed by atoms with E-state index in [1.54, 1.807) is 16.7 Å². The van der Waals surface area contributed by atoms with Crippen molar-refractivity contribution in [2.24, 2.45) is 5.92 Å². The van der Waals surface area contributed by atoms with E-state index in [9.17, 15) is 0 Å². The quantitative estimate of drug-likeness (QED) is 0.0649. The minimum Gasteiger partial charge on any atom is -0.311 e. The topological polar surface area (TPSA) is 3.24 Å². The summed E-state index contributed by atoms with van der Waals surface area (Å²) in [7, 11) is 0. The van der Waals surface area contributed by atoms with Crippen molar-refractivity contribution in [1.82, 2.24) is 0 Å². The number of unbranched alkanes of at least 4 members (excludes halogenated alkanes) is 6. The average molecular weight is 922 g/mol. The molecule has 0 saturated heterocycles. The molecule has 0 amide bonds. The molecule has 0 spiro atoms. The van der Waals surface area contributed by atoms with E-state index in [0.29, 0.717) is 5.92 Å². The molecule has 0 radical (unpaired) electrons. The summed E-state index contributed by atoms with van der Waals surface area (Å²) in [5.41, 5.74) is 23.9. The van der Waals surface area contributed by atoms with Crippen LogP contribution in [0.4, 0.5) is 17.1 Å². The molecule has 0 bridgehead atoms. The van der Waals surface area contributed by atoms with Gasteiger partial charge in [0.05, 0.1) is 0 Å². The van der Waals surface area contributed by atoms with E-state index in [1.165, 1.54) is 168 Å². The van der Waals surface area contributed by atoms with Gasteiger partial charge in [-0.15, -0.1) is 0 Å². The van der Waals surface area contributed by atoms with Crippen molar-refractivity contribution >= 4 is 17.1 Å². The second-order valence-electron chi connectivity index (χ2n) is 22.6. The number of fused-ring (bicyclic) bond motifs is 5. The number of rotatable bonds is 21. The van der Waals surface area contributed by atoms with Gasteiger partial charge in [-0.2, -0.15) is 0 Å². The van der Waals surface area contributed by atoms with Crippen molar-refractivity contribution < 1.29 is 0 Å². The first-order valence-corrected chi connectivity index (χ1v) is 27.7. The predicted octanol–water partition coefficient (Wildman–Crippen LogP) is 19.3. The zero-order valence-corrected chi connectivity index (χ0v) is 43.8. The highest BCUT2D eigenvalue weighted by Crippen LogP contribution is 2.54.